The summed E-state index contributed by atoms with van der Waals surface area (Å²) in [5, 5.41) is 12.7. The zero-order chi connectivity index (χ0) is 22.7. The first kappa shape index (κ1) is 22.0. The molecule has 3 aromatic carbocycles. The molecule has 0 atom stereocenters. The van der Waals surface area contributed by atoms with Crippen molar-refractivity contribution in [3.63, 3.8) is 0 Å². The Morgan fingerprint density at radius 1 is 1.00 bits per heavy atom. The molecule has 0 fully saturated rings. The second kappa shape index (κ2) is 9.54. The predicted octanol–water partition coefficient (Wildman–Crippen LogP) is 6.07. The van der Waals surface area contributed by atoms with Crippen molar-refractivity contribution in [2.75, 3.05) is 11.1 Å². The molecule has 1 N–H and O–H groups in total. The molecule has 1 heterocycles. The van der Waals surface area contributed by atoms with Gasteiger partial charge < -0.3 is 5.32 Å². The number of benzene rings is 3. The van der Waals surface area contributed by atoms with Crippen LogP contribution in [0.5, 0.6) is 0 Å². The van der Waals surface area contributed by atoms with E-state index in [0.717, 1.165) is 16.8 Å². The van der Waals surface area contributed by atoms with Gasteiger partial charge in [-0.25, -0.2) is 4.39 Å². The Bertz CT molecular complexity index is 1260. The summed E-state index contributed by atoms with van der Waals surface area (Å²) in [6, 6.07) is 19.1. The number of carbonyl (C=O) groups excluding carboxylic acids is 1. The summed E-state index contributed by atoms with van der Waals surface area (Å²) in [5.41, 5.74) is 4.52. The number of hydrogen-bond donors (Lipinski definition) is 1. The largest absolute Gasteiger partial charge is 0.325 e. The van der Waals surface area contributed by atoms with Gasteiger partial charge in [0, 0.05) is 22.0 Å². The van der Waals surface area contributed by atoms with Crippen LogP contribution >= 0.6 is 23.4 Å². The highest BCUT2D eigenvalue weighted by Crippen LogP contribution is 2.29. The summed E-state index contributed by atoms with van der Waals surface area (Å²) in [7, 11) is 0. The second-order valence-electron chi connectivity index (χ2n) is 7.26. The van der Waals surface area contributed by atoms with Crippen molar-refractivity contribution in [1.82, 2.24) is 14.8 Å². The molecular formula is C24H20ClFN4OS. The number of aromatic nitrogens is 3. The number of aryl methyl sites for hydroxylation is 2. The molecule has 32 heavy (non-hydrogen) atoms. The molecule has 0 bridgehead atoms. The molecule has 5 nitrogen and oxygen atoms in total. The van der Waals surface area contributed by atoms with Crippen LogP contribution in [0.2, 0.25) is 5.02 Å². The molecule has 8 heteroatoms. The van der Waals surface area contributed by atoms with Crippen molar-refractivity contribution < 1.29 is 9.18 Å². The fourth-order valence-electron chi connectivity index (χ4n) is 3.12. The first-order valence-corrected chi connectivity index (χ1v) is 11.2. The Hall–Kier alpha value is -3.16. The number of nitrogens with one attached hydrogen (secondary N) is 1. The van der Waals surface area contributed by atoms with Gasteiger partial charge in [0.05, 0.1) is 5.75 Å². The first-order chi connectivity index (χ1) is 15.4. The van der Waals surface area contributed by atoms with E-state index in [0.29, 0.717) is 21.7 Å². The summed E-state index contributed by atoms with van der Waals surface area (Å²) in [5.74, 6) is 0.231. The zero-order valence-corrected chi connectivity index (χ0v) is 19.0. The fourth-order valence-corrected chi connectivity index (χ4v) is 4.00. The molecule has 0 saturated heterocycles. The van der Waals surface area contributed by atoms with Crippen LogP contribution in [-0.2, 0) is 4.79 Å². The smallest absolute Gasteiger partial charge is 0.234 e. The zero-order valence-electron chi connectivity index (χ0n) is 17.5. The molecule has 162 valence electrons. The van der Waals surface area contributed by atoms with E-state index < -0.39 is 0 Å². The monoisotopic (exact) mass is 466 g/mol. The maximum atomic E-state index is 13.5. The predicted molar refractivity (Wildman–Crippen MR) is 127 cm³/mol. The minimum absolute atomic E-state index is 0.146. The van der Waals surface area contributed by atoms with Crippen molar-refractivity contribution in [1.29, 1.82) is 0 Å². The molecule has 1 amide bonds. The number of halogens is 2. The van der Waals surface area contributed by atoms with Gasteiger partial charge in [-0.2, -0.15) is 0 Å². The van der Waals surface area contributed by atoms with Gasteiger partial charge >= 0.3 is 0 Å². The summed E-state index contributed by atoms with van der Waals surface area (Å²) < 4.78 is 15.3. The van der Waals surface area contributed by atoms with Crippen LogP contribution in [0.15, 0.2) is 71.9 Å². The lowest BCUT2D eigenvalue weighted by Gasteiger charge is -2.11. The molecule has 4 aromatic rings. The number of anilines is 1. The molecule has 0 saturated carbocycles. The lowest BCUT2D eigenvalue weighted by atomic mass is 10.1. The third-order valence-electron chi connectivity index (χ3n) is 4.94. The van der Waals surface area contributed by atoms with Crippen molar-refractivity contribution in [3.05, 3.63) is 88.7 Å². The van der Waals surface area contributed by atoms with E-state index in [1.165, 1.54) is 29.5 Å². The minimum atomic E-state index is -0.336. The van der Waals surface area contributed by atoms with Crippen LogP contribution in [0.25, 0.3) is 17.1 Å². The number of rotatable bonds is 6. The number of amides is 1. The summed E-state index contributed by atoms with van der Waals surface area (Å²) in [6.45, 7) is 4.03. The minimum Gasteiger partial charge on any atom is -0.325 e. The van der Waals surface area contributed by atoms with Gasteiger partial charge in [-0.3, -0.25) is 9.36 Å². The molecule has 0 radical (unpaired) electrons. The Kier molecular flexibility index (Phi) is 6.58. The Morgan fingerprint density at radius 3 is 2.41 bits per heavy atom. The van der Waals surface area contributed by atoms with E-state index in [1.54, 1.807) is 28.8 Å². The summed E-state index contributed by atoms with van der Waals surface area (Å²) in [4.78, 5) is 12.5. The molecule has 1 aromatic heterocycles. The Morgan fingerprint density at radius 2 is 1.72 bits per heavy atom. The van der Waals surface area contributed by atoms with Crippen molar-refractivity contribution >= 4 is 35.0 Å². The van der Waals surface area contributed by atoms with E-state index in [4.69, 9.17) is 11.6 Å². The molecule has 0 spiro atoms. The molecule has 0 aliphatic heterocycles. The number of nitrogens with zero attached hydrogens (tertiary/aromatic N) is 3. The average Bonchev–Trinajstić information content (AvgIpc) is 3.20. The van der Waals surface area contributed by atoms with Gasteiger partial charge in [0.25, 0.3) is 0 Å². The van der Waals surface area contributed by atoms with Crippen molar-refractivity contribution in [3.8, 4) is 17.1 Å². The van der Waals surface area contributed by atoms with Crippen LogP contribution in [-0.4, -0.2) is 26.4 Å². The van der Waals surface area contributed by atoms with E-state index in [9.17, 15) is 9.18 Å². The lowest BCUT2D eigenvalue weighted by Crippen LogP contribution is -2.14. The maximum absolute atomic E-state index is 13.5. The average molecular weight is 467 g/mol. The standard InChI is InChI=1S/C24H20ClFN4OS/c1-15-3-10-20(13-16(15)2)27-22(31)14-32-24-29-28-23(17-4-6-18(25)7-5-17)30(24)21-11-8-19(26)9-12-21/h3-13H,14H2,1-2H3,(H,27,31). The molecule has 0 aliphatic rings. The van der Waals surface area contributed by atoms with Gasteiger partial charge in [-0.1, -0.05) is 29.4 Å². The van der Waals surface area contributed by atoms with Gasteiger partial charge in [0.1, 0.15) is 5.82 Å². The van der Waals surface area contributed by atoms with E-state index >= 15 is 0 Å². The van der Waals surface area contributed by atoms with Crippen LogP contribution in [0, 0.1) is 19.7 Å². The highest BCUT2D eigenvalue weighted by atomic mass is 35.5. The van der Waals surface area contributed by atoms with E-state index in [1.807, 2.05) is 44.2 Å². The summed E-state index contributed by atoms with van der Waals surface area (Å²) in [6.07, 6.45) is 0. The number of hydrogen-bond acceptors (Lipinski definition) is 4. The third kappa shape index (κ3) is 5.00. The van der Waals surface area contributed by atoms with E-state index in [-0.39, 0.29) is 17.5 Å². The van der Waals surface area contributed by atoms with Crippen LogP contribution in [0.1, 0.15) is 11.1 Å². The molecular weight excluding hydrogens is 447 g/mol. The quantitative estimate of drug-likeness (QED) is 0.350. The number of thioether (sulfide) groups is 1. The lowest BCUT2D eigenvalue weighted by molar-refractivity contribution is -0.113. The van der Waals surface area contributed by atoms with Crippen LogP contribution in [0.3, 0.4) is 0 Å². The van der Waals surface area contributed by atoms with Crippen molar-refractivity contribution in [2.45, 2.75) is 19.0 Å². The van der Waals surface area contributed by atoms with Gasteiger partial charge in [-0.15, -0.1) is 10.2 Å². The van der Waals surface area contributed by atoms with Crippen LogP contribution < -0.4 is 5.32 Å². The third-order valence-corrected chi connectivity index (χ3v) is 6.12. The van der Waals surface area contributed by atoms with Gasteiger partial charge in [0.2, 0.25) is 5.91 Å². The highest BCUT2D eigenvalue weighted by Gasteiger charge is 2.17. The Balaban J connectivity index is 1.59. The maximum Gasteiger partial charge on any atom is 0.234 e. The summed E-state index contributed by atoms with van der Waals surface area (Å²) >= 11 is 7.27. The first-order valence-electron chi connectivity index (χ1n) is 9.88. The Labute approximate surface area is 194 Å². The molecule has 0 aliphatic carbocycles. The van der Waals surface area contributed by atoms with Crippen LogP contribution in [0.4, 0.5) is 10.1 Å². The topological polar surface area (TPSA) is 59.8 Å². The van der Waals surface area contributed by atoms with Gasteiger partial charge in [-0.05, 0) is 85.6 Å². The second-order valence-corrected chi connectivity index (χ2v) is 8.64. The SMILES string of the molecule is Cc1ccc(NC(=O)CSc2nnc(-c3ccc(Cl)cc3)n2-c2ccc(F)cc2)cc1C. The van der Waals surface area contributed by atoms with Gasteiger partial charge in [0.15, 0.2) is 11.0 Å². The normalized spacial score (nSPS) is 10.9. The fraction of sp³-hybridized carbons (Fsp3) is 0.125. The number of carbonyl (C=O) groups is 1. The molecule has 4 rings (SSSR count). The van der Waals surface area contributed by atoms with Crippen molar-refractivity contribution in [2.24, 2.45) is 0 Å². The molecule has 0 unspecified atom stereocenters. The highest BCUT2D eigenvalue weighted by molar-refractivity contribution is 7.99. The van der Waals surface area contributed by atoms with E-state index in [2.05, 4.69) is 15.5 Å².